The van der Waals surface area contributed by atoms with Crippen molar-refractivity contribution >= 4 is 5.91 Å². The van der Waals surface area contributed by atoms with Gasteiger partial charge in [0, 0.05) is 18.5 Å². The molecule has 0 heterocycles. The molecule has 0 spiro atoms. The fourth-order valence-corrected chi connectivity index (χ4v) is 1.08. The summed E-state index contributed by atoms with van der Waals surface area (Å²) in [6.45, 7) is 0.451. The molecule has 0 aromatic heterocycles. The van der Waals surface area contributed by atoms with Crippen LogP contribution in [0.25, 0.3) is 0 Å². The third-order valence-electron chi connectivity index (χ3n) is 1.81. The lowest BCUT2D eigenvalue weighted by Crippen LogP contribution is -2.24. The van der Waals surface area contributed by atoms with Crippen LogP contribution in [0.1, 0.15) is 22.3 Å². The Bertz CT molecular complexity index is 438. The van der Waals surface area contributed by atoms with Gasteiger partial charge >= 0.3 is 0 Å². The third-order valence-corrected chi connectivity index (χ3v) is 1.81. The summed E-state index contributed by atoms with van der Waals surface area (Å²) in [5.74, 6) is 2.22. The quantitative estimate of drug-likeness (QED) is 0.588. The predicted molar refractivity (Wildman–Crippen MR) is 56.9 cm³/mol. The van der Waals surface area contributed by atoms with Crippen LogP contribution in [-0.4, -0.2) is 12.5 Å². The first-order valence-electron chi connectivity index (χ1n) is 4.49. The molecule has 1 aromatic rings. The van der Waals surface area contributed by atoms with E-state index in [0.29, 0.717) is 24.1 Å². The lowest BCUT2D eigenvalue weighted by molar-refractivity contribution is 0.0954. The zero-order valence-corrected chi connectivity index (χ0v) is 8.16. The van der Waals surface area contributed by atoms with Gasteiger partial charge in [0.15, 0.2) is 0 Å². The molecule has 15 heavy (non-hydrogen) atoms. The Morgan fingerprint density at radius 2 is 2.33 bits per heavy atom. The van der Waals surface area contributed by atoms with Gasteiger partial charge in [-0.15, -0.1) is 12.3 Å². The molecule has 3 nitrogen and oxygen atoms in total. The minimum Gasteiger partial charge on any atom is -0.351 e. The number of hydrogen-bond acceptors (Lipinski definition) is 2. The van der Waals surface area contributed by atoms with Crippen LogP contribution in [0, 0.1) is 23.7 Å². The van der Waals surface area contributed by atoms with Crippen LogP contribution in [0.4, 0.5) is 0 Å². The van der Waals surface area contributed by atoms with Gasteiger partial charge in [0.1, 0.15) is 0 Å². The third kappa shape index (κ3) is 3.17. The maximum atomic E-state index is 11.5. The van der Waals surface area contributed by atoms with Crippen LogP contribution in [0.5, 0.6) is 0 Å². The number of hydrogen-bond donors (Lipinski definition) is 1. The van der Waals surface area contributed by atoms with E-state index in [1.54, 1.807) is 24.3 Å². The molecule has 0 fully saturated rings. The molecular weight excluding hydrogens is 188 g/mol. The molecule has 1 rings (SSSR count). The topological polar surface area (TPSA) is 52.9 Å². The number of carbonyl (C=O) groups excluding carboxylic acids is 1. The first-order chi connectivity index (χ1) is 7.27. The minimum absolute atomic E-state index is 0.206. The van der Waals surface area contributed by atoms with Crippen LogP contribution in [0.15, 0.2) is 24.3 Å². The summed E-state index contributed by atoms with van der Waals surface area (Å²) >= 11 is 0. The van der Waals surface area contributed by atoms with E-state index >= 15 is 0 Å². The molecule has 0 aliphatic rings. The summed E-state index contributed by atoms with van der Waals surface area (Å²) in [7, 11) is 0. The summed E-state index contributed by atoms with van der Waals surface area (Å²) in [5, 5.41) is 11.3. The number of nitriles is 1. The second kappa shape index (κ2) is 5.47. The molecule has 0 radical (unpaired) electrons. The van der Waals surface area contributed by atoms with Crippen molar-refractivity contribution in [1.82, 2.24) is 5.32 Å². The van der Waals surface area contributed by atoms with Crippen molar-refractivity contribution in [3.05, 3.63) is 35.4 Å². The van der Waals surface area contributed by atoms with Gasteiger partial charge in [-0.25, -0.2) is 0 Å². The van der Waals surface area contributed by atoms with Crippen LogP contribution >= 0.6 is 0 Å². The van der Waals surface area contributed by atoms with E-state index < -0.39 is 0 Å². The summed E-state index contributed by atoms with van der Waals surface area (Å²) in [6.07, 6.45) is 5.56. The zero-order chi connectivity index (χ0) is 11.1. The predicted octanol–water partition coefficient (Wildman–Crippen LogP) is 1.31. The standard InChI is InChI=1S/C12H10N2O/c1-2-3-7-14-12(15)11-6-4-5-10(8-11)9-13/h1,4-6,8H,3,7H2,(H,14,15). The second-order valence-corrected chi connectivity index (χ2v) is 2.90. The molecule has 74 valence electrons. The molecule has 0 saturated heterocycles. The lowest BCUT2D eigenvalue weighted by Gasteiger charge is -2.02. The monoisotopic (exact) mass is 198 g/mol. The number of carbonyl (C=O) groups is 1. The van der Waals surface area contributed by atoms with Crippen molar-refractivity contribution < 1.29 is 4.79 Å². The van der Waals surface area contributed by atoms with Gasteiger partial charge < -0.3 is 5.32 Å². The van der Waals surface area contributed by atoms with Gasteiger partial charge in [-0.05, 0) is 18.2 Å². The minimum atomic E-state index is -0.206. The van der Waals surface area contributed by atoms with Crippen LogP contribution < -0.4 is 5.32 Å². The lowest BCUT2D eigenvalue weighted by atomic mass is 10.1. The Labute approximate surface area is 88.7 Å². The van der Waals surface area contributed by atoms with Crippen LogP contribution in [-0.2, 0) is 0 Å². The second-order valence-electron chi connectivity index (χ2n) is 2.90. The average Bonchev–Trinajstić information content (AvgIpc) is 2.29. The highest BCUT2D eigenvalue weighted by Gasteiger charge is 2.04. The molecule has 0 bridgehead atoms. The number of nitrogens with zero attached hydrogens (tertiary/aromatic N) is 1. The Balaban J connectivity index is 2.67. The summed E-state index contributed by atoms with van der Waals surface area (Å²) in [5.41, 5.74) is 0.950. The van der Waals surface area contributed by atoms with E-state index in [4.69, 9.17) is 11.7 Å². The average molecular weight is 198 g/mol. The van der Waals surface area contributed by atoms with Crippen molar-refractivity contribution in [3.8, 4) is 18.4 Å². The Morgan fingerprint density at radius 3 is 3.00 bits per heavy atom. The molecular formula is C12H10N2O. The van der Waals surface area contributed by atoms with Gasteiger partial charge in [0.25, 0.3) is 5.91 Å². The molecule has 0 aliphatic heterocycles. The fraction of sp³-hybridized carbons (Fsp3) is 0.167. The normalized spacial score (nSPS) is 8.67. The van der Waals surface area contributed by atoms with E-state index in [0.717, 1.165) is 0 Å². The summed E-state index contributed by atoms with van der Waals surface area (Å²) in [6, 6.07) is 8.51. The zero-order valence-electron chi connectivity index (χ0n) is 8.16. The summed E-state index contributed by atoms with van der Waals surface area (Å²) < 4.78 is 0. The Kier molecular flexibility index (Phi) is 3.94. The van der Waals surface area contributed by atoms with E-state index in [1.165, 1.54) is 0 Å². The van der Waals surface area contributed by atoms with E-state index in [9.17, 15) is 4.79 Å². The molecule has 0 atom stereocenters. The Morgan fingerprint density at radius 1 is 1.53 bits per heavy atom. The van der Waals surface area contributed by atoms with Crippen molar-refractivity contribution in [3.63, 3.8) is 0 Å². The fourth-order valence-electron chi connectivity index (χ4n) is 1.08. The molecule has 0 saturated carbocycles. The first kappa shape index (κ1) is 10.8. The highest BCUT2D eigenvalue weighted by molar-refractivity contribution is 5.94. The molecule has 1 aromatic carbocycles. The van der Waals surface area contributed by atoms with Gasteiger partial charge in [-0.1, -0.05) is 6.07 Å². The molecule has 1 amide bonds. The van der Waals surface area contributed by atoms with E-state index in [-0.39, 0.29) is 5.91 Å². The highest BCUT2D eigenvalue weighted by Crippen LogP contribution is 2.03. The number of benzene rings is 1. The largest absolute Gasteiger partial charge is 0.351 e. The van der Waals surface area contributed by atoms with Crippen molar-refractivity contribution in [2.45, 2.75) is 6.42 Å². The maximum Gasteiger partial charge on any atom is 0.251 e. The smallest absolute Gasteiger partial charge is 0.251 e. The molecule has 3 heteroatoms. The van der Waals surface area contributed by atoms with Gasteiger partial charge in [-0.2, -0.15) is 5.26 Å². The number of terminal acetylenes is 1. The number of rotatable bonds is 3. The first-order valence-corrected chi connectivity index (χ1v) is 4.49. The van der Waals surface area contributed by atoms with Gasteiger partial charge in [0.05, 0.1) is 11.6 Å². The Hall–Kier alpha value is -2.26. The SMILES string of the molecule is C#CCCNC(=O)c1cccc(C#N)c1. The van der Waals surface area contributed by atoms with E-state index in [2.05, 4.69) is 11.2 Å². The van der Waals surface area contributed by atoms with Gasteiger partial charge in [-0.3, -0.25) is 4.79 Å². The molecule has 0 unspecified atom stereocenters. The number of nitrogens with one attached hydrogen (secondary N) is 1. The maximum absolute atomic E-state index is 11.5. The van der Waals surface area contributed by atoms with Crippen molar-refractivity contribution in [1.29, 1.82) is 5.26 Å². The van der Waals surface area contributed by atoms with Crippen LogP contribution in [0.2, 0.25) is 0 Å². The van der Waals surface area contributed by atoms with Crippen molar-refractivity contribution in [2.75, 3.05) is 6.54 Å². The van der Waals surface area contributed by atoms with Crippen LogP contribution in [0.3, 0.4) is 0 Å². The number of amides is 1. The molecule has 0 aliphatic carbocycles. The highest BCUT2D eigenvalue weighted by atomic mass is 16.1. The molecule has 1 N–H and O–H groups in total. The summed E-state index contributed by atoms with van der Waals surface area (Å²) in [4.78, 5) is 11.5. The van der Waals surface area contributed by atoms with E-state index in [1.807, 2.05) is 6.07 Å². The van der Waals surface area contributed by atoms with Crippen molar-refractivity contribution in [2.24, 2.45) is 0 Å². The van der Waals surface area contributed by atoms with Gasteiger partial charge in [0.2, 0.25) is 0 Å².